The highest BCUT2D eigenvalue weighted by Gasteiger charge is 2.15. The van der Waals surface area contributed by atoms with Crippen molar-refractivity contribution in [2.45, 2.75) is 0 Å². The second-order valence-corrected chi connectivity index (χ2v) is 5.31. The standard InChI is InChI=1S/C17H24N4O3/c1-20-15(14-7-5-4-6-8-14)13-16(19-20)18-17(22)21(9-11-23-2)10-12-24-3/h4-8,13H,9-12H2,1-3H3,(H,18,19,22). The Labute approximate surface area is 142 Å². The highest BCUT2D eigenvalue weighted by atomic mass is 16.5. The zero-order valence-electron chi connectivity index (χ0n) is 14.4. The van der Waals surface area contributed by atoms with Gasteiger partial charge in [-0.1, -0.05) is 30.3 Å². The summed E-state index contributed by atoms with van der Waals surface area (Å²) >= 11 is 0. The van der Waals surface area contributed by atoms with Crippen LogP contribution in [-0.4, -0.2) is 61.2 Å². The third-order valence-electron chi connectivity index (χ3n) is 3.60. The summed E-state index contributed by atoms with van der Waals surface area (Å²) in [5, 5.41) is 7.20. The molecule has 2 rings (SSSR count). The van der Waals surface area contributed by atoms with Crippen LogP contribution in [0.1, 0.15) is 0 Å². The maximum atomic E-state index is 12.4. The zero-order chi connectivity index (χ0) is 17.4. The van der Waals surface area contributed by atoms with Crippen molar-refractivity contribution in [3.8, 4) is 11.3 Å². The molecule has 0 atom stereocenters. The smallest absolute Gasteiger partial charge is 0.323 e. The fraction of sp³-hybridized carbons (Fsp3) is 0.412. The lowest BCUT2D eigenvalue weighted by Gasteiger charge is -2.21. The first kappa shape index (κ1) is 18.0. The minimum absolute atomic E-state index is 0.221. The topological polar surface area (TPSA) is 68.6 Å². The second kappa shape index (κ2) is 9.05. The van der Waals surface area contributed by atoms with Gasteiger partial charge in [-0.2, -0.15) is 5.10 Å². The summed E-state index contributed by atoms with van der Waals surface area (Å²) in [6, 6.07) is 11.6. The van der Waals surface area contributed by atoms with Gasteiger partial charge in [0.2, 0.25) is 0 Å². The van der Waals surface area contributed by atoms with Gasteiger partial charge in [-0.3, -0.25) is 10.00 Å². The van der Waals surface area contributed by atoms with Crippen molar-refractivity contribution in [2.75, 3.05) is 45.8 Å². The van der Waals surface area contributed by atoms with Crippen LogP contribution in [-0.2, 0) is 16.5 Å². The number of anilines is 1. The van der Waals surface area contributed by atoms with Crippen LogP contribution in [0.5, 0.6) is 0 Å². The lowest BCUT2D eigenvalue weighted by atomic mass is 10.1. The molecule has 2 amide bonds. The molecule has 0 aliphatic heterocycles. The van der Waals surface area contributed by atoms with Gasteiger partial charge in [-0.05, 0) is 5.56 Å². The van der Waals surface area contributed by atoms with Crippen LogP contribution in [0.2, 0.25) is 0 Å². The van der Waals surface area contributed by atoms with Crippen LogP contribution in [0, 0.1) is 0 Å². The van der Waals surface area contributed by atoms with Crippen molar-refractivity contribution in [3.63, 3.8) is 0 Å². The van der Waals surface area contributed by atoms with Gasteiger partial charge in [0.1, 0.15) is 0 Å². The van der Waals surface area contributed by atoms with E-state index in [0.29, 0.717) is 32.1 Å². The number of methoxy groups -OCH3 is 2. The monoisotopic (exact) mass is 332 g/mol. The Hall–Kier alpha value is -2.38. The number of nitrogens with one attached hydrogen (secondary N) is 1. The van der Waals surface area contributed by atoms with Gasteiger partial charge < -0.3 is 14.4 Å². The lowest BCUT2D eigenvalue weighted by Crippen LogP contribution is -2.39. The van der Waals surface area contributed by atoms with Crippen LogP contribution in [0.4, 0.5) is 10.6 Å². The van der Waals surface area contributed by atoms with E-state index < -0.39 is 0 Å². The highest BCUT2D eigenvalue weighted by Crippen LogP contribution is 2.21. The maximum absolute atomic E-state index is 12.4. The first-order valence-corrected chi connectivity index (χ1v) is 7.79. The summed E-state index contributed by atoms with van der Waals surface area (Å²) in [7, 11) is 5.07. The summed E-state index contributed by atoms with van der Waals surface area (Å²) in [4.78, 5) is 14.1. The molecule has 0 fully saturated rings. The minimum Gasteiger partial charge on any atom is -0.383 e. The number of ether oxygens (including phenoxy) is 2. The zero-order valence-corrected chi connectivity index (χ0v) is 14.4. The Morgan fingerprint density at radius 2 is 1.79 bits per heavy atom. The molecule has 1 N–H and O–H groups in total. The number of aryl methyl sites for hydroxylation is 1. The SMILES string of the molecule is COCCN(CCOC)C(=O)Nc1cc(-c2ccccc2)n(C)n1. The number of amides is 2. The van der Waals surface area contributed by atoms with Gasteiger partial charge >= 0.3 is 6.03 Å². The molecule has 1 heterocycles. The largest absolute Gasteiger partial charge is 0.383 e. The van der Waals surface area contributed by atoms with Crippen molar-refractivity contribution in [1.82, 2.24) is 14.7 Å². The number of urea groups is 1. The molecule has 7 nitrogen and oxygen atoms in total. The molecule has 2 aromatic rings. The maximum Gasteiger partial charge on any atom is 0.323 e. The molecule has 1 aromatic heterocycles. The summed E-state index contributed by atoms with van der Waals surface area (Å²) < 4.78 is 11.9. The number of benzene rings is 1. The molecular formula is C17H24N4O3. The third-order valence-corrected chi connectivity index (χ3v) is 3.60. The van der Waals surface area contributed by atoms with Crippen molar-refractivity contribution in [2.24, 2.45) is 7.05 Å². The van der Waals surface area contributed by atoms with Gasteiger partial charge in [0, 0.05) is 40.4 Å². The highest BCUT2D eigenvalue weighted by molar-refractivity contribution is 5.89. The van der Waals surface area contributed by atoms with Gasteiger partial charge in [0.15, 0.2) is 5.82 Å². The molecule has 24 heavy (non-hydrogen) atoms. The quantitative estimate of drug-likeness (QED) is 0.805. The number of rotatable bonds is 8. The molecule has 0 bridgehead atoms. The van der Waals surface area contributed by atoms with E-state index in [2.05, 4.69) is 10.4 Å². The predicted molar refractivity (Wildman–Crippen MR) is 93.0 cm³/mol. The Bertz CT molecular complexity index is 635. The third kappa shape index (κ3) is 4.81. The molecule has 130 valence electrons. The number of carbonyl (C=O) groups excluding carboxylic acids is 1. The van der Waals surface area contributed by atoms with Crippen molar-refractivity contribution >= 4 is 11.8 Å². The number of nitrogens with zero attached hydrogens (tertiary/aromatic N) is 3. The first-order valence-electron chi connectivity index (χ1n) is 7.79. The van der Waals surface area contributed by atoms with Gasteiger partial charge in [-0.15, -0.1) is 0 Å². The lowest BCUT2D eigenvalue weighted by molar-refractivity contribution is 0.127. The van der Waals surface area contributed by atoms with Crippen LogP contribution >= 0.6 is 0 Å². The molecule has 1 aromatic carbocycles. The van der Waals surface area contributed by atoms with E-state index in [1.165, 1.54) is 0 Å². The van der Waals surface area contributed by atoms with E-state index >= 15 is 0 Å². The molecule has 7 heteroatoms. The molecule has 0 saturated heterocycles. The van der Waals surface area contributed by atoms with Crippen molar-refractivity contribution in [1.29, 1.82) is 0 Å². The Morgan fingerprint density at radius 3 is 2.38 bits per heavy atom. The predicted octanol–water partition coefficient (Wildman–Crippen LogP) is 2.21. The molecule has 0 spiro atoms. The number of carbonyl (C=O) groups is 1. The average Bonchev–Trinajstić information content (AvgIpc) is 2.96. The number of hydrogen-bond donors (Lipinski definition) is 1. The summed E-state index contributed by atoms with van der Waals surface area (Å²) in [5.41, 5.74) is 1.98. The molecule has 0 aliphatic carbocycles. The van der Waals surface area contributed by atoms with Gasteiger partial charge in [0.25, 0.3) is 0 Å². The molecule has 0 aliphatic rings. The van der Waals surface area contributed by atoms with E-state index in [4.69, 9.17) is 9.47 Å². The van der Waals surface area contributed by atoms with E-state index in [1.807, 2.05) is 43.4 Å². The molecule has 0 unspecified atom stereocenters. The Morgan fingerprint density at radius 1 is 1.17 bits per heavy atom. The van der Waals surface area contributed by atoms with Crippen LogP contribution in [0.15, 0.2) is 36.4 Å². The fourth-order valence-corrected chi connectivity index (χ4v) is 2.31. The summed E-state index contributed by atoms with van der Waals surface area (Å²) in [5.74, 6) is 0.515. The van der Waals surface area contributed by atoms with E-state index in [9.17, 15) is 4.79 Å². The number of aromatic nitrogens is 2. The summed E-state index contributed by atoms with van der Waals surface area (Å²) in [6.45, 7) is 1.91. The molecule has 0 saturated carbocycles. The van der Waals surface area contributed by atoms with Gasteiger partial charge in [0.05, 0.1) is 18.9 Å². The van der Waals surface area contributed by atoms with Crippen molar-refractivity contribution in [3.05, 3.63) is 36.4 Å². The van der Waals surface area contributed by atoms with E-state index in [1.54, 1.807) is 23.8 Å². The minimum atomic E-state index is -0.221. The first-order chi connectivity index (χ1) is 11.7. The number of hydrogen-bond acceptors (Lipinski definition) is 4. The Balaban J connectivity index is 2.07. The van der Waals surface area contributed by atoms with Crippen LogP contribution in [0.25, 0.3) is 11.3 Å². The van der Waals surface area contributed by atoms with Gasteiger partial charge in [-0.25, -0.2) is 4.79 Å². The Kier molecular flexibility index (Phi) is 6.77. The van der Waals surface area contributed by atoms with Crippen molar-refractivity contribution < 1.29 is 14.3 Å². The molecular weight excluding hydrogens is 308 g/mol. The van der Waals surface area contributed by atoms with E-state index in [-0.39, 0.29) is 6.03 Å². The second-order valence-electron chi connectivity index (χ2n) is 5.31. The molecule has 0 radical (unpaired) electrons. The fourth-order valence-electron chi connectivity index (χ4n) is 2.31. The van der Waals surface area contributed by atoms with Crippen LogP contribution < -0.4 is 5.32 Å². The normalized spacial score (nSPS) is 10.6. The summed E-state index contributed by atoms with van der Waals surface area (Å²) in [6.07, 6.45) is 0. The average molecular weight is 332 g/mol. The van der Waals surface area contributed by atoms with E-state index in [0.717, 1.165) is 11.3 Å². The van der Waals surface area contributed by atoms with Crippen LogP contribution in [0.3, 0.4) is 0 Å².